The van der Waals surface area contributed by atoms with Crippen molar-refractivity contribution < 1.29 is 13.2 Å². The van der Waals surface area contributed by atoms with E-state index >= 15 is 0 Å². The number of halogens is 1. The van der Waals surface area contributed by atoms with Crippen molar-refractivity contribution in [2.45, 2.75) is 44.9 Å². The van der Waals surface area contributed by atoms with E-state index in [0.717, 1.165) is 12.8 Å². The molecule has 0 saturated carbocycles. The fourth-order valence-electron chi connectivity index (χ4n) is 2.80. The highest BCUT2D eigenvalue weighted by Gasteiger charge is 2.32. The standard InChI is InChI=1S/C17H25ClN2O3S/c1-3-13(2)19-17(21)15-7-5-9-20(11-15)24(22,23)12-14-6-4-8-16(18)10-14/h4,6,8,10,13,15H,3,5,7,9,11-12H2,1-2H3,(H,19,21)/t13-,15-/m1/s1. The van der Waals surface area contributed by atoms with Crippen LogP contribution in [0.15, 0.2) is 24.3 Å². The Morgan fingerprint density at radius 2 is 2.21 bits per heavy atom. The fourth-order valence-corrected chi connectivity index (χ4v) is 4.61. The van der Waals surface area contributed by atoms with Gasteiger partial charge in [0.15, 0.2) is 0 Å². The Morgan fingerprint density at radius 3 is 2.88 bits per heavy atom. The molecule has 2 atom stereocenters. The first-order valence-electron chi connectivity index (χ1n) is 8.34. The largest absolute Gasteiger partial charge is 0.353 e. The summed E-state index contributed by atoms with van der Waals surface area (Å²) in [5.41, 5.74) is 0.661. The monoisotopic (exact) mass is 372 g/mol. The highest BCUT2D eigenvalue weighted by atomic mass is 35.5. The van der Waals surface area contributed by atoms with Gasteiger partial charge in [-0.25, -0.2) is 12.7 Å². The van der Waals surface area contributed by atoms with E-state index in [1.807, 2.05) is 13.8 Å². The Hall–Kier alpha value is -1.11. The normalized spacial score (nSPS) is 20.5. The maximum absolute atomic E-state index is 12.7. The van der Waals surface area contributed by atoms with Crippen LogP contribution in [0.4, 0.5) is 0 Å². The lowest BCUT2D eigenvalue weighted by atomic mass is 9.98. The second kappa shape index (κ2) is 8.32. The van der Waals surface area contributed by atoms with Gasteiger partial charge in [0.25, 0.3) is 0 Å². The molecular weight excluding hydrogens is 348 g/mol. The number of carbonyl (C=O) groups is 1. The number of amides is 1. The molecule has 0 spiro atoms. The van der Waals surface area contributed by atoms with Crippen molar-refractivity contribution in [3.8, 4) is 0 Å². The lowest BCUT2D eigenvalue weighted by Gasteiger charge is -2.31. The van der Waals surface area contributed by atoms with E-state index in [9.17, 15) is 13.2 Å². The predicted octanol–water partition coefficient (Wildman–Crippen LogP) is 2.80. The molecule has 1 heterocycles. The number of hydrogen-bond acceptors (Lipinski definition) is 3. The first kappa shape index (κ1) is 19.2. The maximum atomic E-state index is 12.7. The topological polar surface area (TPSA) is 66.5 Å². The molecule has 1 aromatic rings. The van der Waals surface area contributed by atoms with E-state index in [-0.39, 0.29) is 30.2 Å². The minimum atomic E-state index is -3.46. The molecule has 0 aliphatic carbocycles. The van der Waals surface area contributed by atoms with Gasteiger partial charge in [-0.05, 0) is 43.9 Å². The van der Waals surface area contributed by atoms with Crippen molar-refractivity contribution in [3.63, 3.8) is 0 Å². The molecule has 0 radical (unpaired) electrons. The van der Waals surface area contributed by atoms with Crippen molar-refractivity contribution in [3.05, 3.63) is 34.9 Å². The summed E-state index contributed by atoms with van der Waals surface area (Å²) in [7, 11) is -3.46. The van der Waals surface area contributed by atoms with Crippen LogP contribution in [-0.2, 0) is 20.6 Å². The van der Waals surface area contributed by atoms with Crippen molar-refractivity contribution >= 4 is 27.5 Å². The highest BCUT2D eigenvalue weighted by Crippen LogP contribution is 2.22. The van der Waals surface area contributed by atoms with Gasteiger partial charge in [0.1, 0.15) is 0 Å². The lowest BCUT2D eigenvalue weighted by Crippen LogP contribution is -2.47. The predicted molar refractivity (Wildman–Crippen MR) is 96.3 cm³/mol. The summed E-state index contributed by atoms with van der Waals surface area (Å²) in [6, 6.07) is 6.98. The number of hydrogen-bond donors (Lipinski definition) is 1. The van der Waals surface area contributed by atoms with Crippen molar-refractivity contribution in [1.29, 1.82) is 0 Å². The van der Waals surface area contributed by atoms with Gasteiger partial charge in [-0.1, -0.05) is 30.7 Å². The van der Waals surface area contributed by atoms with E-state index < -0.39 is 10.0 Å². The SMILES string of the molecule is CC[C@@H](C)NC(=O)[C@@H]1CCCN(S(=O)(=O)Cc2cccc(Cl)c2)C1. The molecule has 1 aliphatic heterocycles. The average molecular weight is 373 g/mol. The van der Waals surface area contributed by atoms with Crippen molar-refractivity contribution in [1.82, 2.24) is 9.62 Å². The summed E-state index contributed by atoms with van der Waals surface area (Å²) in [5.74, 6) is -0.415. The molecule has 0 unspecified atom stereocenters. The van der Waals surface area contributed by atoms with Gasteiger partial charge in [0.2, 0.25) is 15.9 Å². The summed E-state index contributed by atoms with van der Waals surface area (Å²) >= 11 is 5.92. The van der Waals surface area contributed by atoms with E-state index in [4.69, 9.17) is 11.6 Å². The van der Waals surface area contributed by atoms with Crippen LogP contribution in [0.2, 0.25) is 5.02 Å². The molecule has 24 heavy (non-hydrogen) atoms. The van der Waals surface area contributed by atoms with Gasteiger partial charge in [-0.3, -0.25) is 4.79 Å². The minimum Gasteiger partial charge on any atom is -0.353 e. The maximum Gasteiger partial charge on any atom is 0.224 e. The van der Waals surface area contributed by atoms with Crippen LogP contribution < -0.4 is 5.32 Å². The number of piperidine rings is 1. The van der Waals surface area contributed by atoms with E-state index in [1.54, 1.807) is 24.3 Å². The number of carbonyl (C=O) groups excluding carboxylic acids is 1. The smallest absolute Gasteiger partial charge is 0.224 e. The molecule has 1 amide bonds. The van der Waals surface area contributed by atoms with Crippen molar-refractivity contribution in [2.75, 3.05) is 13.1 Å². The van der Waals surface area contributed by atoms with Crippen LogP contribution in [0.1, 0.15) is 38.7 Å². The van der Waals surface area contributed by atoms with Crippen LogP contribution in [0.3, 0.4) is 0 Å². The van der Waals surface area contributed by atoms with Crippen LogP contribution in [0.25, 0.3) is 0 Å². The average Bonchev–Trinajstić information content (AvgIpc) is 2.54. The van der Waals surface area contributed by atoms with Gasteiger partial charge < -0.3 is 5.32 Å². The third kappa shape index (κ3) is 5.19. The molecule has 1 fully saturated rings. The Balaban J connectivity index is 2.03. The summed E-state index contributed by atoms with van der Waals surface area (Å²) in [6.07, 6.45) is 2.29. The Kier molecular flexibility index (Phi) is 6.66. The number of sulfonamides is 1. The molecular formula is C17H25ClN2O3S. The number of rotatable bonds is 6. The first-order chi connectivity index (χ1) is 11.3. The number of nitrogens with zero attached hydrogens (tertiary/aromatic N) is 1. The summed E-state index contributed by atoms with van der Waals surface area (Å²) in [4.78, 5) is 12.3. The second-order valence-corrected chi connectivity index (χ2v) is 8.81. The number of benzene rings is 1. The van der Waals surface area contributed by atoms with Gasteiger partial charge in [0, 0.05) is 24.2 Å². The van der Waals surface area contributed by atoms with Crippen molar-refractivity contribution in [2.24, 2.45) is 5.92 Å². The molecule has 5 nitrogen and oxygen atoms in total. The molecule has 0 aromatic heterocycles. The Morgan fingerprint density at radius 1 is 1.46 bits per heavy atom. The van der Waals surface area contributed by atoms with Crippen LogP contribution in [0, 0.1) is 5.92 Å². The van der Waals surface area contributed by atoms with Crippen LogP contribution in [0.5, 0.6) is 0 Å². The summed E-state index contributed by atoms with van der Waals surface area (Å²) in [6.45, 7) is 4.68. The highest BCUT2D eigenvalue weighted by molar-refractivity contribution is 7.88. The zero-order valence-electron chi connectivity index (χ0n) is 14.2. The molecule has 1 N–H and O–H groups in total. The minimum absolute atomic E-state index is 0.0491. The molecule has 1 aliphatic rings. The van der Waals surface area contributed by atoms with Gasteiger partial charge in [-0.15, -0.1) is 0 Å². The third-order valence-electron chi connectivity index (χ3n) is 4.39. The first-order valence-corrected chi connectivity index (χ1v) is 10.3. The van der Waals surface area contributed by atoms with E-state index in [1.165, 1.54) is 4.31 Å². The third-order valence-corrected chi connectivity index (χ3v) is 6.44. The Labute approximate surface area is 149 Å². The second-order valence-electron chi connectivity index (χ2n) is 6.40. The van der Waals surface area contributed by atoms with Gasteiger partial charge in [-0.2, -0.15) is 0 Å². The van der Waals surface area contributed by atoms with Crippen LogP contribution in [-0.4, -0.2) is 37.8 Å². The molecule has 1 saturated heterocycles. The fraction of sp³-hybridized carbons (Fsp3) is 0.588. The molecule has 1 aromatic carbocycles. The lowest BCUT2D eigenvalue weighted by molar-refractivity contribution is -0.126. The van der Waals surface area contributed by atoms with E-state index in [0.29, 0.717) is 23.6 Å². The zero-order chi connectivity index (χ0) is 17.7. The van der Waals surface area contributed by atoms with Gasteiger partial charge in [0.05, 0.1) is 11.7 Å². The number of nitrogens with one attached hydrogen (secondary N) is 1. The molecule has 7 heteroatoms. The zero-order valence-corrected chi connectivity index (χ0v) is 15.7. The molecule has 2 rings (SSSR count). The van der Waals surface area contributed by atoms with Crippen LogP contribution >= 0.6 is 11.6 Å². The molecule has 0 bridgehead atoms. The molecule has 134 valence electrons. The van der Waals surface area contributed by atoms with E-state index in [2.05, 4.69) is 5.32 Å². The quantitative estimate of drug-likeness (QED) is 0.834. The van der Waals surface area contributed by atoms with Gasteiger partial charge >= 0.3 is 0 Å². The summed E-state index contributed by atoms with van der Waals surface area (Å²) in [5, 5.41) is 3.47. The Bertz CT molecular complexity index is 678. The summed E-state index contributed by atoms with van der Waals surface area (Å²) < 4.78 is 26.8.